The Kier molecular flexibility index (Phi) is 5.53. The first-order valence-electron chi connectivity index (χ1n) is 9.11. The molecule has 4 rings (SSSR count). The van der Waals surface area contributed by atoms with E-state index in [9.17, 15) is 9.18 Å². The molecule has 2 heterocycles. The van der Waals surface area contributed by atoms with Gasteiger partial charge in [0.15, 0.2) is 5.13 Å². The molecule has 30 heavy (non-hydrogen) atoms. The monoisotopic (exact) mass is 423 g/mol. The average molecular weight is 423 g/mol. The van der Waals surface area contributed by atoms with Gasteiger partial charge in [-0.3, -0.25) is 10.3 Å². The lowest BCUT2D eigenvalue weighted by Gasteiger charge is -2.09. The normalized spacial score (nSPS) is 10.8. The topological polar surface area (TPSA) is 89.0 Å². The van der Waals surface area contributed by atoms with Gasteiger partial charge in [0, 0.05) is 23.6 Å². The van der Waals surface area contributed by atoms with Crippen LogP contribution < -0.4 is 15.4 Å². The van der Waals surface area contributed by atoms with Gasteiger partial charge in [-0.05, 0) is 49.2 Å². The second kappa shape index (κ2) is 8.42. The molecule has 2 aromatic heterocycles. The second-order valence-corrected chi connectivity index (χ2v) is 7.70. The number of nitrogens with one attached hydrogen (secondary N) is 2. The molecule has 0 fully saturated rings. The molecule has 0 saturated heterocycles. The Hall–Kier alpha value is -3.59. The van der Waals surface area contributed by atoms with E-state index in [-0.39, 0.29) is 18.1 Å². The smallest absolute Gasteiger partial charge is 0.325 e. The summed E-state index contributed by atoms with van der Waals surface area (Å²) in [5.74, 6) is -0.156. The number of thiazole rings is 1. The maximum atomic E-state index is 14.1. The Labute approximate surface area is 176 Å². The van der Waals surface area contributed by atoms with Crippen LogP contribution in [0.5, 0.6) is 5.88 Å². The Bertz CT molecular complexity index is 1210. The number of amides is 2. The van der Waals surface area contributed by atoms with E-state index in [0.29, 0.717) is 10.8 Å². The van der Waals surface area contributed by atoms with Crippen molar-refractivity contribution in [3.05, 3.63) is 71.4 Å². The maximum absolute atomic E-state index is 14.1. The third-order valence-corrected chi connectivity index (χ3v) is 5.19. The van der Waals surface area contributed by atoms with E-state index in [1.807, 2.05) is 19.9 Å². The predicted octanol–water partition coefficient (Wildman–Crippen LogP) is 5.07. The van der Waals surface area contributed by atoms with Gasteiger partial charge in [0.1, 0.15) is 12.4 Å². The fraction of sp³-hybridized carbons (Fsp3) is 0.143. The quantitative estimate of drug-likeness (QED) is 0.468. The Balaban J connectivity index is 1.43. The number of halogens is 1. The number of aromatic nitrogens is 3. The first-order valence-corrected chi connectivity index (χ1v) is 9.92. The predicted molar refractivity (Wildman–Crippen MR) is 114 cm³/mol. The molecule has 0 radical (unpaired) electrons. The molecule has 0 aliphatic heterocycles. The van der Waals surface area contributed by atoms with Gasteiger partial charge in [-0.2, -0.15) is 0 Å². The van der Waals surface area contributed by atoms with Crippen molar-refractivity contribution in [2.75, 3.05) is 10.6 Å². The van der Waals surface area contributed by atoms with Crippen molar-refractivity contribution in [1.29, 1.82) is 0 Å². The second-order valence-electron chi connectivity index (χ2n) is 6.67. The van der Waals surface area contributed by atoms with E-state index in [4.69, 9.17) is 4.74 Å². The zero-order chi connectivity index (χ0) is 21.1. The molecule has 0 atom stereocenters. The largest absolute Gasteiger partial charge is 0.472 e. The molecule has 2 amide bonds. The molecular formula is C21H18FN5O2S. The summed E-state index contributed by atoms with van der Waals surface area (Å²) in [7, 11) is 0. The van der Waals surface area contributed by atoms with Crippen molar-refractivity contribution in [1.82, 2.24) is 15.0 Å². The molecular weight excluding hydrogens is 405 g/mol. The van der Waals surface area contributed by atoms with Gasteiger partial charge >= 0.3 is 6.03 Å². The van der Waals surface area contributed by atoms with Gasteiger partial charge in [-0.15, -0.1) is 0 Å². The van der Waals surface area contributed by atoms with E-state index < -0.39 is 11.8 Å². The van der Waals surface area contributed by atoms with Crippen LogP contribution in [0.3, 0.4) is 0 Å². The van der Waals surface area contributed by atoms with Gasteiger partial charge in [-0.25, -0.2) is 19.2 Å². The lowest BCUT2D eigenvalue weighted by atomic mass is 10.1. The number of ether oxygens (including phenoxy) is 1. The number of carbonyl (C=O) groups is 1. The molecule has 0 unspecified atom stereocenters. The summed E-state index contributed by atoms with van der Waals surface area (Å²) in [5, 5.41) is 5.92. The number of benzene rings is 2. The minimum atomic E-state index is -0.462. The van der Waals surface area contributed by atoms with E-state index >= 15 is 0 Å². The summed E-state index contributed by atoms with van der Waals surface area (Å²) in [6, 6.07) is 7.89. The number of hydrogen-bond donors (Lipinski definition) is 2. The number of rotatable bonds is 5. The average Bonchev–Trinajstić information content (AvgIpc) is 3.11. The number of nitrogens with zero attached hydrogens (tertiary/aromatic N) is 3. The van der Waals surface area contributed by atoms with E-state index in [1.165, 1.54) is 48.1 Å². The van der Waals surface area contributed by atoms with Crippen molar-refractivity contribution >= 4 is 38.4 Å². The van der Waals surface area contributed by atoms with Crippen LogP contribution in [0.1, 0.15) is 16.7 Å². The highest BCUT2D eigenvalue weighted by atomic mass is 32.1. The zero-order valence-electron chi connectivity index (χ0n) is 16.3. The summed E-state index contributed by atoms with van der Waals surface area (Å²) in [4.78, 5) is 24.7. The number of urea groups is 1. The van der Waals surface area contributed by atoms with Crippen LogP contribution >= 0.6 is 11.3 Å². The summed E-state index contributed by atoms with van der Waals surface area (Å²) in [6.45, 7) is 3.96. The third kappa shape index (κ3) is 4.52. The van der Waals surface area contributed by atoms with E-state index in [1.54, 1.807) is 0 Å². The Morgan fingerprint density at radius 3 is 2.83 bits per heavy atom. The van der Waals surface area contributed by atoms with Gasteiger partial charge < -0.3 is 10.1 Å². The fourth-order valence-electron chi connectivity index (χ4n) is 2.96. The molecule has 2 aromatic carbocycles. The summed E-state index contributed by atoms with van der Waals surface area (Å²) in [5.41, 5.74) is 3.78. The van der Waals surface area contributed by atoms with Crippen molar-refractivity contribution in [3.63, 3.8) is 0 Å². The van der Waals surface area contributed by atoms with Crippen LogP contribution in [0, 0.1) is 19.7 Å². The molecule has 0 aliphatic rings. The first-order chi connectivity index (χ1) is 14.5. The summed E-state index contributed by atoms with van der Waals surface area (Å²) < 4.78 is 20.5. The number of carbonyl (C=O) groups excluding carboxylic acids is 1. The fourth-order valence-corrected chi connectivity index (χ4v) is 4.00. The highest BCUT2D eigenvalue weighted by Gasteiger charge is 2.12. The SMILES string of the molecule is Cc1cc(C)c2nc(NC(=O)Nc3ccc(F)c(COc4cnccn4)c3)sc2c1. The highest BCUT2D eigenvalue weighted by molar-refractivity contribution is 7.22. The van der Waals surface area contributed by atoms with E-state index in [0.717, 1.165) is 21.3 Å². The standard InChI is InChI=1S/C21H18FN5O2S/c1-12-7-13(2)19-17(8-12)30-21(26-19)27-20(28)25-15-3-4-16(22)14(9-15)11-29-18-10-23-5-6-24-18/h3-10H,11H2,1-2H3,(H2,25,26,27,28). The third-order valence-electron chi connectivity index (χ3n) is 4.27. The lowest BCUT2D eigenvalue weighted by Crippen LogP contribution is -2.19. The van der Waals surface area contributed by atoms with Crippen LogP contribution in [-0.4, -0.2) is 21.0 Å². The van der Waals surface area contributed by atoms with Crippen LogP contribution in [-0.2, 0) is 6.61 Å². The molecule has 0 saturated carbocycles. The van der Waals surface area contributed by atoms with Gasteiger partial charge in [0.25, 0.3) is 0 Å². The zero-order valence-corrected chi connectivity index (χ0v) is 17.1. The molecule has 152 valence electrons. The lowest BCUT2D eigenvalue weighted by molar-refractivity contribution is 0.262. The van der Waals surface area contributed by atoms with Gasteiger partial charge in [0.05, 0.1) is 16.4 Å². The van der Waals surface area contributed by atoms with Crippen molar-refractivity contribution in [2.24, 2.45) is 0 Å². The molecule has 0 bridgehead atoms. The molecule has 9 heteroatoms. The van der Waals surface area contributed by atoms with Crippen LogP contribution in [0.15, 0.2) is 48.9 Å². The van der Waals surface area contributed by atoms with Crippen molar-refractivity contribution in [3.8, 4) is 5.88 Å². The van der Waals surface area contributed by atoms with Crippen LogP contribution in [0.4, 0.5) is 20.0 Å². The highest BCUT2D eigenvalue weighted by Crippen LogP contribution is 2.29. The van der Waals surface area contributed by atoms with Gasteiger partial charge in [-0.1, -0.05) is 17.4 Å². The minimum absolute atomic E-state index is 0.0435. The molecule has 0 aliphatic carbocycles. The molecule has 4 aromatic rings. The van der Waals surface area contributed by atoms with Crippen LogP contribution in [0.2, 0.25) is 0 Å². The number of hydrogen-bond acceptors (Lipinski definition) is 6. The Morgan fingerprint density at radius 2 is 2.03 bits per heavy atom. The minimum Gasteiger partial charge on any atom is -0.472 e. The molecule has 2 N–H and O–H groups in total. The van der Waals surface area contributed by atoms with E-state index in [2.05, 4.69) is 31.7 Å². The number of aryl methyl sites for hydroxylation is 2. The van der Waals surface area contributed by atoms with Crippen molar-refractivity contribution < 1.29 is 13.9 Å². The summed E-state index contributed by atoms with van der Waals surface area (Å²) >= 11 is 1.40. The number of anilines is 2. The summed E-state index contributed by atoms with van der Waals surface area (Å²) in [6.07, 6.45) is 4.44. The van der Waals surface area contributed by atoms with Crippen LogP contribution in [0.25, 0.3) is 10.2 Å². The maximum Gasteiger partial charge on any atom is 0.325 e. The van der Waals surface area contributed by atoms with Crippen molar-refractivity contribution in [2.45, 2.75) is 20.5 Å². The Morgan fingerprint density at radius 1 is 1.17 bits per heavy atom. The van der Waals surface area contributed by atoms with Gasteiger partial charge in [0.2, 0.25) is 5.88 Å². The molecule has 0 spiro atoms. The molecule has 7 nitrogen and oxygen atoms in total. The first kappa shape index (κ1) is 19.7. The number of fused-ring (bicyclic) bond motifs is 1.